The first-order valence-electron chi connectivity index (χ1n) is 17.4. The monoisotopic (exact) mass is 666 g/mol. The quantitative estimate of drug-likeness (QED) is 0.177. The number of rotatable bonds is 4. The van der Waals surface area contributed by atoms with Crippen LogP contribution in [0.1, 0.15) is 0 Å². The van der Waals surface area contributed by atoms with E-state index in [1.165, 1.54) is 97.4 Å². The summed E-state index contributed by atoms with van der Waals surface area (Å²) in [6, 6.07) is 66.7. The lowest BCUT2D eigenvalue weighted by Crippen LogP contribution is -1.93. The minimum atomic E-state index is 1.18. The molecule has 0 aliphatic heterocycles. The predicted octanol–water partition coefficient (Wildman–Crippen LogP) is 13.6. The second-order valence-electron chi connectivity index (χ2n) is 13.4. The molecular formula is C48H30N2S. The Morgan fingerprint density at radius 3 is 1.37 bits per heavy atom. The summed E-state index contributed by atoms with van der Waals surface area (Å²) in [6.07, 6.45) is 0. The topological polar surface area (TPSA) is 9.86 Å². The Hall–Kier alpha value is -6.42. The van der Waals surface area contributed by atoms with Crippen LogP contribution in [0.5, 0.6) is 0 Å². The van der Waals surface area contributed by atoms with E-state index in [4.69, 9.17) is 0 Å². The molecule has 0 saturated carbocycles. The summed E-state index contributed by atoms with van der Waals surface area (Å²) < 4.78 is 7.42. The molecule has 8 aromatic carbocycles. The van der Waals surface area contributed by atoms with Gasteiger partial charge in [-0.3, -0.25) is 0 Å². The second kappa shape index (κ2) is 11.0. The molecule has 11 aromatic rings. The van der Waals surface area contributed by atoms with Crippen LogP contribution in [0.4, 0.5) is 0 Å². The van der Waals surface area contributed by atoms with Gasteiger partial charge in [0.25, 0.3) is 0 Å². The highest BCUT2D eigenvalue weighted by Crippen LogP contribution is 2.41. The van der Waals surface area contributed by atoms with Crippen molar-refractivity contribution in [1.29, 1.82) is 0 Å². The van der Waals surface area contributed by atoms with Crippen LogP contribution < -0.4 is 0 Å². The van der Waals surface area contributed by atoms with Crippen molar-refractivity contribution in [1.82, 2.24) is 9.13 Å². The fourth-order valence-corrected chi connectivity index (χ4v) is 9.22. The number of para-hydroxylation sites is 3. The van der Waals surface area contributed by atoms with E-state index in [2.05, 4.69) is 191 Å². The zero-order chi connectivity index (χ0) is 33.5. The van der Waals surface area contributed by atoms with Gasteiger partial charge in [0.15, 0.2) is 0 Å². The van der Waals surface area contributed by atoms with Crippen LogP contribution in [0.25, 0.3) is 97.4 Å². The lowest BCUT2D eigenvalue weighted by atomic mass is 10.0. The highest BCUT2D eigenvalue weighted by atomic mass is 32.1. The Morgan fingerprint density at radius 1 is 0.275 bits per heavy atom. The van der Waals surface area contributed by atoms with Gasteiger partial charge in [-0.1, -0.05) is 103 Å². The lowest BCUT2D eigenvalue weighted by Gasteiger charge is -2.09. The van der Waals surface area contributed by atoms with Gasteiger partial charge in [0.05, 0.1) is 22.1 Å². The zero-order valence-electron chi connectivity index (χ0n) is 27.6. The largest absolute Gasteiger partial charge is 0.309 e. The minimum Gasteiger partial charge on any atom is -0.309 e. The van der Waals surface area contributed by atoms with Gasteiger partial charge in [0.2, 0.25) is 0 Å². The highest BCUT2D eigenvalue weighted by molar-refractivity contribution is 7.25. The SMILES string of the molecule is c1ccc(-c2ccc3c(c2)c2ccccc2n3-c2ccc3sc4ccc(-c5ccc6c(c5)c5ccccc5n6-c5ccccc5)cc4c3c2)cc1. The third kappa shape index (κ3) is 4.35. The Morgan fingerprint density at radius 2 is 0.725 bits per heavy atom. The predicted molar refractivity (Wildman–Crippen MR) is 219 cm³/mol. The zero-order valence-corrected chi connectivity index (χ0v) is 28.4. The molecule has 3 heteroatoms. The van der Waals surface area contributed by atoms with Gasteiger partial charge in [0, 0.05) is 53.1 Å². The van der Waals surface area contributed by atoms with Crippen LogP contribution in [0, 0.1) is 0 Å². The summed E-state index contributed by atoms with van der Waals surface area (Å²) in [7, 11) is 0. The summed E-state index contributed by atoms with van der Waals surface area (Å²) in [6.45, 7) is 0. The van der Waals surface area contributed by atoms with Crippen molar-refractivity contribution in [2.24, 2.45) is 0 Å². The van der Waals surface area contributed by atoms with Crippen LogP contribution in [-0.4, -0.2) is 9.13 Å². The third-order valence-corrected chi connectivity index (χ3v) is 11.7. The molecule has 0 spiro atoms. The van der Waals surface area contributed by atoms with Gasteiger partial charge < -0.3 is 9.13 Å². The number of thiophene rings is 1. The average molecular weight is 667 g/mol. The smallest absolute Gasteiger partial charge is 0.0541 e. The van der Waals surface area contributed by atoms with E-state index in [1.54, 1.807) is 0 Å². The molecule has 3 aromatic heterocycles. The third-order valence-electron chi connectivity index (χ3n) is 10.5. The standard InChI is InChI=1S/C48H30N2S/c1-3-11-31(12-4-1)32-19-23-46-39(27-32)38-16-8-10-18-44(38)50(46)36-22-26-48-42(30-36)41-29-34(21-25-47(41)51-48)33-20-24-45-40(28-33)37-15-7-9-17-43(37)49(45)35-13-5-2-6-14-35/h1-30H. The molecule has 0 aliphatic rings. The van der Waals surface area contributed by atoms with Crippen molar-refractivity contribution < 1.29 is 0 Å². The van der Waals surface area contributed by atoms with E-state index < -0.39 is 0 Å². The Bertz CT molecular complexity index is 3130. The second-order valence-corrected chi connectivity index (χ2v) is 14.4. The van der Waals surface area contributed by atoms with Crippen molar-refractivity contribution in [2.45, 2.75) is 0 Å². The van der Waals surface area contributed by atoms with Crippen LogP contribution in [0.3, 0.4) is 0 Å². The number of nitrogens with zero attached hydrogens (tertiary/aromatic N) is 2. The van der Waals surface area contributed by atoms with Gasteiger partial charge >= 0.3 is 0 Å². The molecule has 3 heterocycles. The van der Waals surface area contributed by atoms with E-state index in [-0.39, 0.29) is 0 Å². The molecule has 238 valence electrons. The van der Waals surface area contributed by atoms with Crippen molar-refractivity contribution in [3.05, 3.63) is 182 Å². The maximum atomic E-state index is 2.43. The minimum absolute atomic E-state index is 1.18. The first-order valence-corrected chi connectivity index (χ1v) is 18.2. The normalized spacial score (nSPS) is 11.9. The van der Waals surface area contributed by atoms with Crippen LogP contribution in [-0.2, 0) is 0 Å². The number of hydrogen-bond acceptors (Lipinski definition) is 1. The van der Waals surface area contributed by atoms with Crippen molar-refractivity contribution in [3.63, 3.8) is 0 Å². The molecule has 0 fully saturated rings. The van der Waals surface area contributed by atoms with Gasteiger partial charge in [-0.2, -0.15) is 0 Å². The van der Waals surface area contributed by atoms with Gasteiger partial charge in [0.1, 0.15) is 0 Å². The number of fused-ring (bicyclic) bond motifs is 9. The Kier molecular flexibility index (Phi) is 6.16. The molecule has 2 nitrogen and oxygen atoms in total. The van der Waals surface area contributed by atoms with Gasteiger partial charge in [-0.25, -0.2) is 0 Å². The van der Waals surface area contributed by atoms with Gasteiger partial charge in [-0.05, 0) is 101 Å². The highest BCUT2D eigenvalue weighted by Gasteiger charge is 2.17. The fourth-order valence-electron chi connectivity index (χ4n) is 8.15. The molecule has 0 bridgehead atoms. The molecule has 51 heavy (non-hydrogen) atoms. The number of hydrogen-bond donors (Lipinski definition) is 0. The van der Waals surface area contributed by atoms with Crippen LogP contribution in [0.15, 0.2) is 182 Å². The maximum Gasteiger partial charge on any atom is 0.0541 e. The lowest BCUT2D eigenvalue weighted by molar-refractivity contribution is 1.18. The summed E-state index contributed by atoms with van der Waals surface area (Å²) in [5, 5.41) is 7.68. The first kappa shape index (κ1) is 28.4. The van der Waals surface area contributed by atoms with Gasteiger partial charge in [-0.15, -0.1) is 11.3 Å². The van der Waals surface area contributed by atoms with Crippen molar-refractivity contribution in [2.75, 3.05) is 0 Å². The summed E-state index contributed by atoms with van der Waals surface area (Å²) >= 11 is 1.87. The molecule has 0 saturated heterocycles. The summed E-state index contributed by atoms with van der Waals surface area (Å²) in [4.78, 5) is 0. The fraction of sp³-hybridized carbons (Fsp3) is 0. The molecule has 0 atom stereocenters. The van der Waals surface area contributed by atoms with E-state index in [1.807, 2.05) is 11.3 Å². The molecule has 11 rings (SSSR count). The Balaban J connectivity index is 1.07. The molecule has 0 radical (unpaired) electrons. The van der Waals surface area contributed by atoms with Crippen LogP contribution >= 0.6 is 11.3 Å². The first-order chi connectivity index (χ1) is 25.3. The van der Waals surface area contributed by atoms with E-state index >= 15 is 0 Å². The van der Waals surface area contributed by atoms with E-state index in [0.29, 0.717) is 0 Å². The van der Waals surface area contributed by atoms with Crippen LogP contribution in [0.2, 0.25) is 0 Å². The molecule has 0 unspecified atom stereocenters. The Labute approximate surface area is 298 Å². The maximum absolute atomic E-state index is 2.43. The van der Waals surface area contributed by atoms with E-state index in [0.717, 1.165) is 0 Å². The number of benzene rings is 8. The molecule has 0 amide bonds. The molecule has 0 N–H and O–H groups in total. The number of aromatic nitrogens is 2. The van der Waals surface area contributed by atoms with Crippen molar-refractivity contribution >= 4 is 75.1 Å². The molecular weight excluding hydrogens is 637 g/mol. The average Bonchev–Trinajstić information content (AvgIpc) is 3.85. The molecule has 0 aliphatic carbocycles. The summed E-state index contributed by atoms with van der Waals surface area (Å²) in [5.74, 6) is 0. The van der Waals surface area contributed by atoms with E-state index in [9.17, 15) is 0 Å². The van der Waals surface area contributed by atoms with Crippen molar-refractivity contribution in [3.8, 4) is 33.6 Å². The summed E-state index contributed by atoms with van der Waals surface area (Å²) in [5.41, 5.74) is 12.2.